The summed E-state index contributed by atoms with van der Waals surface area (Å²) in [6, 6.07) is 9.71. The summed E-state index contributed by atoms with van der Waals surface area (Å²) in [6.45, 7) is 5.65. The molecule has 1 aliphatic heterocycles. The molecule has 0 saturated carbocycles. The van der Waals surface area contributed by atoms with Crippen LogP contribution >= 0.6 is 11.8 Å². The fraction of sp³-hybridized carbons (Fsp3) is 0.360. The molecule has 3 unspecified atom stereocenters. The molecule has 1 N–H and O–H groups in total. The summed E-state index contributed by atoms with van der Waals surface area (Å²) in [7, 11) is 0. The zero-order valence-corrected chi connectivity index (χ0v) is 18.5. The predicted molar refractivity (Wildman–Crippen MR) is 123 cm³/mol. The number of unbranched alkanes of at least 4 members (excludes halogenated alkanes) is 1. The Hall–Kier alpha value is -2.57. The molecule has 3 atom stereocenters. The second kappa shape index (κ2) is 11.2. The van der Waals surface area contributed by atoms with Gasteiger partial charge in [-0.25, -0.2) is 4.79 Å². The third kappa shape index (κ3) is 6.71. The van der Waals surface area contributed by atoms with Gasteiger partial charge >= 0.3 is 5.97 Å². The number of rotatable bonds is 10. The van der Waals surface area contributed by atoms with E-state index < -0.39 is 6.10 Å². The maximum atomic E-state index is 12.6. The molecule has 0 radical (unpaired) electrons. The van der Waals surface area contributed by atoms with Crippen molar-refractivity contribution in [1.29, 1.82) is 0 Å². The number of aliphatic hydroxyl groups excluding tert-OH is 1. The number of ether oxygens (including phenoxy) is 2. The number of benzene rings is 1. The van der Waals surface area contributed by atoms with Gasteiger partial charge in [-0.3, -0.25) is 4.79 Å². The number of esters is 1. The first kappa shape index (κ1) is 23.1. The third-order valence-electron chi connectivity index (χ3n) is 5.05. The highest BCUT2D eigenvalue weighted by Crippen LogP contribution is 2.39. The molecule has 0 spiro atoms. The van der Waals surface area contributed by atoms with Crippen LogP contribution in [0.25, 0.3) is 5.57 Å². The van der Waals surface area contributed by atoms with E-state index in [-0.39, 0.29) is 28.9 Å². The van der Waals surface area contributed by atoms with Crippen LogP contribution in [0.5, 0.6) is 0 Å². The molecule has 5 nitrogen and oxygen atoms in total. The van der Waals surface area contributed by atoms with Crippen LogP contribution in [0.15, 0.2) is 72.5 Å². The molecule has 164 valence electrons. The Morgan fingerprint density at radius 1 is 1.23 bits per heavy atom. The van der Waals surface area contributed by atoms with Crippen LogP contribution in [0.4, 0.5) is 0 Å². The van der Waals surface area contributed by atoms with Gasteiger partial charge in [0.1, 0.15) is 12.4 Å². The normalized spacial score (nSPS) is 20.9. The molecule has 2 aliphatic rings. The van der Waals surface area contributed by atoms with Gasteiger partial charge in [-0.2, -0.15) is 0 Å². The van der Waals surface area contributed by atoms with Gasteiger partial charge in [-0.15, -0.1) is 0 Å². The maximum absolute atomic E-state index is 12.6. The van der Waals surface area contributed by atoms with E-state index in [9.17, 15) is 14.7 Å². The first-order chi connectivity index (χ1) is 14.9. The number of carbonyl (C=O) groups excluding carboxylic acids is 2. The predicted octanol–water partition coefficient (Wildman–Crippen LogP) is 4.45. The van der Waals surface area contributed by atoms with E-state index >= 15 is 0 Å². The van der Waals surface area contributed by atoms with E-state index in [2.05, 4.69) is 6.58 Å². The van der Waals surface area contributed by atoms with Crippen molar-refractivity contribution in [2.45, 2.75) is 37.5 Å². The maximum Gasteiger partial charge on any atom is 0.333 e. The van der Waals surface area contributed by atoms with E-state index in [0.29, 0.717) is 30.8 Å². The van der Waals surface area contributed by atoms with Crippen LogP contribution in [0, 0.1) is 5.92 Å². The highest BCUT2D eigenvalue weighted by atomic mass is 32.2. The molecule has 1 aromatic rings. The summed E-state index contributed by atoms with van der Waals surface area (Å²) in [5, 5.41) is 10.2. The zero-order valence-electron chi connectivity index (χ0n) is 17.7. The summed E-state index contributed by atoms with van der Waals surface area (Å²) < 4.78 is 10.8. The van der Waals surface area contributed by atoms with Gasteiger partial charge < -0.3 is 14.6 Å². The zero-order chi connectivity index (χ0) is 22.2. The molecule has 3 rings (SSSR count). The quantitative estimate of drug-likeness (QED) is 0.329. The van der Waals surface area contributed by atoms with E-state index in [4.69, 9.17) is 9.47 Å². The summed E-state index contributed by atoms with van der Waals surface area (Å²) in [6.07, 6.45) is 9.29. The largest absolute Gasteiger partial charge is 0.491 e. The first-order valence-corrected chi connectivity index (χ1v) is 11.3. The van der Waals surface area contributed by atoms with Crippen LogP contribution < -0.4 is 0 Å². The van der Waals surface area contributed by atoms with E-state index in [1.807, 2.05) is 54.6 Å². The topological polar surface area (TPSA) is 72.8 Å². The lowest BCUT2D eigenvalue weighted by molar-refractivity contribution is -0.139. The lowest BCUT2D eigenvalue weighted by Crippen LogP contribution is -2.23. The minimum absolute atomic E-state index is 0.0000997. The van der Waals surface area contributed by atoms with Crippen LogP contribution in [0.3, 0.4) is 0 Å². The molecule has 0 saturated heterocycles. The minimum atomic E-state index is -0.603. The summed E-state index contributed by atoms with van der Waals surface area (Å²) in [5.74, 6) is 0.424. The third-order valence-corrected chi connectivity index (χ3v) is 6.21. The smallest absolute Gasteiger partial charge is 0.333 e. The van der Waals surface area contributed by atoms with Gasteiger partial charge in [0, 0.05) is 22.3 Å². The minimum Gasteiger partial charge on any atom is -0.491 e. The van der Waals surface area contributed by atoms with Gasteiger partial charge in [0.05, 0.1) is 12.7 Å². The van der Waals surface area contributed by atoms with Crippen molar-refractivity contribution in [3.05, 3.63) is 78.1 Å². The van der Waals surface area contributed by atoms with Crippen molar-refractivity contribution in [2.24, 2.45) is 5.92 Å². The van der Waals surface area contributed by atoms with Crippen molar-refractivity contribution in [1.82, 2.24) is 0 Å². The average Bonchev–Trinajstić information content (AvgIpc) is 2.77. The molecular weight excluding hydrogens is 412 g/mol. The van der Waals surface area contributed by atoms with Crippen LogP contribution in [0.1, 0.15) is 31.7 Å². The summed E-state index contributed by atoms with van der Waals surface area (Å²) in [4.78, 5) is 23.9. The number of hydrogen-bond donors (Lipinski definition) is 1. The van der Waals surface area contributed by atoms with Gasteiger partial charge in [-0.05, 0) is 43.9 Å². The second-order valence-electron chi connectivity index (χ2n) is 7.70. The first-order valence-electron chi connectivity index (χ1n) is 10.5. The molecule has 0 fully saturated rings. The molecule has 0 amide bonds. The Morgan fingerprint density at radius 3 is 2.74 bits per heavy atom. The number of aliphatic hydroxyl groups is 1. The van der Waals surface area contributed by atoms with Crippen molar-refractivity contribution in [3.63, 3.8) is 0 Å². The van der Waals surface area contributed by atoms with Crippen LogP contribution in [-0.2, 0) is 19.1 Å². The van der Waals surface area contributed by atoms with E-state index in [1.165, 1.54) is 11.8 Å². The number of allylic oxidation sites excluding steroid dienone is 3. The Morgan fingerprint density at radius 2 is 2.00 bits per heavy atom. The van der Waals surface area contributed by atoms with Gasteiger partial charge in [-0.1, -0.05) is 60.8 Å². The molecule has 1 aliphatic carbocycles. The SMILES string of the molecule is C=C(C)C(=O)OCCCCC(O)COC1=CC2SC(=O)C(c3ccccc3)=CC2C=C1. The molecular formula is C25H28O5S. The van der Waals surface area contributed by atoms with E-state index in [0.717, 1.165) is 17.6 Å². The van der Waals surface area contributed by atoms with Crippen molar-refractivity contribution < 1.29 is 24.2 Å². The highest BCUT2D eigenvalue weighted by molar-refractivity contribution is 8.15. The number of hydrogen-bond acceptors (Lipinski definition) is 6. The number of fused-ring (bicyclic) bond motifs is 1. The molecule has 6 heteroatoms. The summed E-state index contributed by atoms with van der Waals surface area (Å²) >= 11 is 1.31. The Balaban J connectivity index is 1.43. The number of thioether (sulfide) groups is 1. The standard InChI is InChI=1S/C25H28O5S/c1-17(2)24(27)29-13-7-6-10-20(26)16-30-21-12-11-19-14-22(18-8-4-3-5-9-18)25(28)31-23(19)15-21/h3-5,8-9,11-12,14-15,19-20,23,26H,1,6-7,10,13,16H2,2H3. The lowest BCUT2D eigenvalue weighted by Gasteiger charge is -2.28. The fourth-order valence-electron chi connectivity index (χ4n) is 3.33. The molecule has 1 aromatic carbocycles. The fourth-order valence-corrected chi connectivity index (χ4v) is 4.42. The van der Waals surface area contributed by atoms with Crippen LogP contribution in [0.2, 0.25) is 0 Å². The van der Waals surface area contributed by atoms with Gasteiger partial charge in [0.25, 0.3) is 0 Å². The Bertz CT molecular complexity index is 900. The van der Waals surface area contributed by atoms with Crippen LogP contribution in [-0.4, -0.2) is 40.8 Å². The van der Waals surface area contributed by atoms with Crippen molar-refractivity contribution in [2.75, 3.05) is 13.2 Å². The molecule has 0 aromatic heterocycles. The monoisotopic (exact) mass is 440 g/mol. The van der Waals surface area contributed by atoms with Crippen molar-refractivity contribution >= 4 is 28.4 Å². The average molecular weight is 441 g/mol. The van der Waals surface area contributed by atoms with Gasteiger partial charge in [0.15, 0.2) is 0 Å². The lowest BCUT2D eigenvalue weighted by atomic mass is 9.94. The van der Waals surface area contributed by atoms with Crippen molar-refractivity contribution in [3.8, 4) is 0 Å². The van der Waals surface area contributed by atoms with Gasteiger partial charge in [0.2, 0.25) is 5.12 Å². The number of carbonyl (C=O) groups is 2. The molecule has 0 bridgehead atoms. The summed E-state index contributed by atoms with van der Waals surface area (Å²) in [5.41, 5.74) is 2.07. The highest BCUT2D eigenvalue weighted by Gasteiger charge is 2.31. The Labute approximate surface area is 187 Å². The Kier molecular flexibility index (Phi) is 8.32. The molecule has 31 heavy (non-hydrogen) atoms. The second-order valence-corrected chi connectivity index (χ2v) is 8.85. The molecule has 1 heterocycles. The van der Waals surface area contributed by atoms with E-state index in [1.54, 1.807) is 6.92 Å².